The summed E-state index contributed by atoms with van der Waals surface area (Å²) in [6.45, 7) is 5.14. The second-order valence-electron chi connectivity index (χ2n) is 5.28. The van der Waals surface area contributed by atoms with E-state index in [-0.39, 0.29) is 17.9 Å². The van der Waals surface area contributed by atoms with Gasteiger partial charge in [0.2, 0.25) is 11.8 Å². The van der Waals surface area contributed by atoms with Gasteiger partial charge in [0.05, 0.1) is 6.04 Å². The molecule has 102 valence electrons. The summed E-state index contributed by atoms with van der Waals surface area (Å²) in [7, 11) is 0. The van der Waals surface area contributed by atoms with Crippen molar-refractivity contribution >= 4 is 11.8 Å². The van der Waals surface area contributed by atoms with Gasteiger partial charge < -0.3 is 21.3 Å². The third-order valence-electron chi connectivity index (χ3n) is 3.33. The van der Waals surface area contributed by atoms with Crippen molar-refractivity contribution in [3.8, 4) is 0 Å². The Balaban J connectivity index is 1.73. The first-order valence-corrected chi connectivity index (χ1v) is 6.64. The first-order chi connectivity index (χ1) is 8.56. The van der Waals surface area contributed by atoms with E-state index in [2.05, 4.69) is 28.2 Å². The Morgan fingerprint density at radius 1 is 1.22 bits per heavy atom. The summed E-state index contributed by atoms with van der Waals surface area (Å²) in [5.41, 5.74) is 0. The molecule has 1 aliphatic heterocycles. The van der Waals surface area contributed by atoms with E-state index < -0.39 is 6.04 Å². The van der Waals surface area contributed by atoms with Crippen LogP contribution in [0.25, 0.3) is 0 Å². The van der Waals surface area contributed by atoms with Crippen LogP contribution in [0.3, 0.4) is 0 Å². The van der Waals surface area contributed by atoms with Crippen LogP contribution in [0, 0.1) is 0 Å². The lowest BCUT2D eigenvalue weighted by molar-refractivity contribution is -0.129. The lowest BCUT2D eigenvalue weighted by Gasteiger charge is -2.29. The van der Waals surface area contributed by atoms with Gasteiger partial charge in [0, 0.05) is 25.2 Å². The standard InChI is InChI=1S/C12H22N4O2/c1-7-5-14-10(6-13-7)12(18)15-8(2)11(17)16-9-3-4-9/h7-10,13-14H,3-6H2,1-2H3,(H,15,18)(H,16,17). The third kappa shape index (κ3) is 3.68. The molecule has 0 aromatic rings. The van der Waals surface area contributed by atoms with Gasteiger partial charge in [0.25, 0.3) is 0 Å². The third-order valence-corrected chi connectivity index (χ3v) is 3.33. The van der Waals surface area contributed by atoms with Crippen molar-refractivity contribution in [2.75, 3.05) is 13.1 Å². The van der Waals surface area contributed by atoms with Crippen LogP contribution in [0.1, 0.15) is 26.7 Å². The molecule has 1 saturated heterocycles. The predicted molar refractivity (Wildman–Crippen MR) is 68.0 cm³/mol. The Bertz CT molecular complexity index is 322. The highest BCUT2D eigenvalue weighted by atomic mass is 16.2. The van der Waals surface area contributed by atoms with E-state index in [4.69, 9.17) is 0 Å². The minimum absolute atomic E-state index is 0.0945. The summed E-state index contributed by atoms with van der Waals surface area (Å²) in [6, 6.07) is -0.0200. The number of piperazine rings is 1. The SMILES string of the molecule is CC1CNC(C(=O)NC(C)C(=O)NC2CC2)CN1. The molecule has 1 saturated carbocycles. The van der Waals surface area contributed by atoms with Gasteiger partial charge in [-0.05, 0) is 26.7 Å². The summed E-state index contributed by atoms with van der Waals surface area (Å²) in [6.07, 6.45) is 2.11. The van der Waals surface area contributed by atoms with E-state index in [1.807, 2.05) is 0 Å². The zero-order valence-electron chi connectivity index (χ0n) is 11.0. The van der Waals surface area contributed by atoms with Crippen LogP contribution >= 0.6 is 0 Å². The summed E-state index contributed by atoms with van der Waals surface area (Å²) in [5.74, 6) is -0.212. The highest BCUT2D eigenvalue weighted by molar-refractivity contribution is 5.89. The van der Waals surface area contributed by atoms with E-state index in [0.717, 1.165) is 19.4 Å². The zero-order valence-corrected chi connectivity index (χ0v) is 11.0. The molecule has 3 atom stereocenters. The normalized spacial score (nSPS) is 29.4. The molecular formula is C12H22N4O2. The van der Waals surface area contributed by atoms with Crippen LogP contribution in [0.4, 0.5) is 0 Å². The van der Waals surface area contributed by atoms with Gasteiger partial charge in [-0.15, -0.1) is 0 Å². The van der Waals surface area contributed by atoms with E-state index in [0.29, 0.717) is 18.6 Å². The van der Waals surface area contributed by atoms with Gasteiger partial charge in [0.1, 0.15) is 6.04 Å². The predicted octanol–water partition coefficient (Wildman–Crippen LogP) is -1.28. The highest BCUT2D eigenvalue weighted by Crippen LogP contribution is 2.18. The molecule has 0 radical (unpaired) electrons. The lowest BCUT2D eigenvalue weighted by atomic mass is 10.1. The van der Waals surface area contributed by atoms with Crippen molar-refractivity contribution in [3.05, 3.63) is 0 Å². The molecule has 2 rings (SSSR count). The molecule has 0 aromatic carbocycles. The molecule has 1 heterocycles. The van der Waals surface area contributed by atoms with E-state index in [1.165, 1.54) is 0 Å². The quantitative estimate of drug-likeness (QED) is 0.504. The van der Waals surface area contributed by atoms with Crippen molar-refractivity contribution in [1.29, 1.82) is 0 Å². The molecule has 6 nitrogen and oxygen atoms in total. The molecule has 2 amide bonds. The molecule has 3 unspecified atom stereocenters. The number of amides is 2. The zero-order chi connectivity index (χ0) is 13.1. The molecule has 0 bridgehead atoms. The van der Waals surface area contributed by atoms with Gasteiger partial charge in [-0.2, -0.15) is 0 Å². The minimum Gasteiger partial charge on any atom is -0.352 e. The Kier molecular flexibility index (Phi) is 4.19. The Morgan fingerprint density at radius 2 is 1.94 bits per heavy atom. The lowest BCUT2D eigenvalue weighted by Crippen LogP contribution is -2.60. The Labute approximate surface area is 107 Å². The van der Waals surface area contributed by atoms with Crippen LogP contribution in [-0.4, -0.2) is 49.1 Å². The highest BCUT2D eigenvalue weighted by Gasteiger charge is 2.28. The summed E-state index contributed by atoms with van der Waals surface area (Å²) in [5, 5.41) is 12.0. The molecule has 0 aromatic heterocycles. The average molecular weight is 254 g/mol. The van der Waals surface area contributed by atoms with Crippen LogP contribution in [-0.2, 0) is 9.59 Å². The van der Waals surface area contributed by atoms with Gasteiger partial charge in [-0.3, -0.25) is 9.59 Å². The van der Waals surface area contributed by atoms with Crippen LogP contribution in [0.5, 0.6) is 0 Å². The maximum atomic E-state index is 11.9. The average Bonchev–Trinajstić information content (AvgIpc) is 3.13. The smallest absolute Gasteiger partial charge is 0.242 e. The van der Waals surface area contributed by atoms with Crippen molar-refractivity contribution in [1.82, 2.24) is 21.3 Å². The first kappa shape index (κ1) is 13.3. The Morgan fingerprint density at radius 3 is 2.50 bits per heavy atom. The topological polar surface area (TPSA) is 82.3 Å². The van der Waals surface area contributed by atoms with Crippen molar-refractivity contribution in [2.24, 2.45) is 0 Å². The number of hydrogen-bond donors (Lipinski definition) is 4. The van der Waals surface area contributed by atoms with Gasteiger partial charge in [0.15, 0.2) is 0 Å². The van der Waals surface area contributed by atoms with Crippen molar-refractivity contribution in [3.63, 3.8) is 0 Å². The second kappa shape index (κ2) is 5.67. The molecule has 1 aliphatic carbocycles. The van der Waals surface area contributed by atoms with E-state index >= 15 is 0 Å². The number of hydrogen-bond acceptors (Lipinski definition) is 4. The maximum absolute atomic E-state index is 11.9. The van der Waals surface area contributed by atoms with Crippen molar-refractivity contribution < 1.29 is 9.59 Å². The largest absolute Gasteiger partial charge is 0.352 e. The van der Waals surface area contributed by atoms with Gasteiger partial charge >= 0.3 is 0 Å². The van der Waals surface area contributed by atoms with Gasteiger partial charge in [-0.25, -0.2) is 0 Å². The van der Waals surface area contributed by atoms with Crippen LogP contribution in [0.15, 0.2) is 0 Å². The van der Waals surface area contributed by atoms with Crippen LogP contribution < -0.4 is 21.3 Å². The summed E-state index contributed by atoms with van der Waals surface area (Å²) < 4.78 is 0. The van der Waals surface area contributed by atoms with E-state index in [9.17, 15) is 9.59 Å². The number of carbonyl (C=O) groups excluding carboxylic acids is 2. The fourth-order valence-electron chi connectivity index (χ4n) is 1.90. The molecule has 18 heavy (non-hydrogen) atoms. The summed E-state index contributed by atoms with van der Waals surface area (Å²) >= 11 is 0. The number of nitrogens with one attached hydrogen (secondary N) is 4. The van der Waals surface area contributed by atoms with Crippen molar-refractivity contribution in [2.45, 2.75) is 50.9 Å². The maximum Gasteiger partial charge on any atom is 0.242 e. The molecule has 4 N–H and O–H groups in total. The monoisotopic (exact) mass is 254 g/mol. The second-order valence-corrected chi connectivity index (χ2v) is 5.28. The van der Waals surface area contributed by atoms with Gasteiger partial charge in [-0.1, -0.05) is 0 Å². The minimum atomic E-state index is -0.473. The van der Waals surface area contributed by atoms with Crippen LogP contribution in [0.2, 0.25) is 0 Å². The molecule has 6 heteroatoms. The summed E-state index contributed by atoms with van der Waals surface area (Å²) in [4.78, 5) is 23.6. The first-order valence-electron chi connectivity index (χ1n) is 6.64. The fraction of sp³-hybridized carbons (Fsp3) is 0.833. The molecule has 0 spiro atoms. The fourth-order valence-corrected chi connectivity index (χ4v) is 1.90. The molecule has 2 aliphatic rings. The Hall–Kier alpha value is -1.14. The number of rotatable bonds is 4. The molecular weight excluding hydrogens is 232 g/mol. The van der Waals surface area contributed by atoms with E-state index in [1.54, 1.807) is 6.92 Å². The molecule has 2 fully saturated rings. The number of carbonyl (C=O) groups is 2.